The van der Waals surface area contributed by atoms with Gasteiger partial charge in [-0.1, -0.05) is 13.3 Å². The Morgan fingerprint density at radius 1 is 1.41 bits per heavy atom. The fourth-order valence-corrected chi connectivity index (χ4v) is 1.27. The Balaban J connectivity index is 2.47. The zero-order chi connectivity index (χ0) is 12.7. The van der Waals surface area contributed by atoms with E-state index < -0.39 is 5.38 Å². The molecule has 0 heterocycles. The lowest BCUT2D eigenvalue weighted by atomic mass is 10.3. The molecule has 94 valence electrons. The molecule has 17 heavy (non-hydrogen) atoms. The summed E-state index contributed by atoms with van der Waals surface area (Å²) >= 11 is 5.66. The van der Waals surface area contributed by atoms with Crippen LogP contribution in [0.2, 0.25) is 0 Å². The lowest BCUT2D eigenvalue weighted by Gasteiger charge is -2.08. The van der Waals surface area contributed by atoms with Gasteiger partial charge in [-0.15, -0.1) is 11.6 Å². The minimum atomic E-state index is -0.532. The van der Waals surface area contributed by atoms with Crippen molar-refractivity contribution in [3.05, 3.63) is 24.3 Å². The van der Waals surface area contributed by atoms with Crippen molar-refractivity contribution in [3.8, 4) is 5.75 Å². The summed E-state index contributed by atoms with van der Waals surface area (Å²) < 4.78 is 5.52. The van der Waals surface area contributed by atoms with Crippen LogP contribution in [-0.2, 0) is 4.79 Å². The van der Waals surface area contributed by atoms with Crippen LogP contribution >= 0.6 is 11.6 Å². The molecule has 1 N–H and O–H groups in total. The molecule has 0 aliphatic rings. The Kier molecular flexibility index (Phi) is 5.84. The zero-order valence-corrected chi connectivity index (χ0v) is 11.0. The molecule has 0 saturated heterocycles. The van der Waals surface area contributed by atoms with Gasteiger partial charge < -0.3 is 10.1 Å². The molecule has 1 rings (SSSR count). The van der Waals surface area contributed by atoms with Gasteiger partial charge in [0.25, 0.3) is 0 Å². The number of benzene rings is 1. The molecule has 1 amide bonds. The van der Waals surface area contributed by atoms with Gasteiger partial charge in [0.05, 0.1) is 6.61 Å². The van der Waals surface area contributed by atoms with Gasteiger partial charge in [0.2, 0.25) is 5.91 Å². The van der Waals surface area contributed by atoms with Crippen LogP contribution in [0.15, 0.2) is 24.3 Å². The predicted molar refractivity (Wildman–Crippen MR) is 70.8 cm³/mol. The summed E-state index contributed by atoms with van der Waals surface area (Å²) in [4.78, 5) is 11.3. The minimum Gasteiger partial charge on any atom is -0.494 e. The molecule has 0 bridgehead atoms. The molecule has 0 spiro atoms. The Morgan fingerprint density at radius 3 is 2.59 bits per heavy atom. The molecule has 3 nitrogen and oxygen atoms in total. The molecule has 0 fully saturated rings. The van der Waals surface area contributed by atoms with E-state index in [1.165, 1.54) is 0 Å². The maximum absolute atomic E-state index is 11.3. The van der Waals surface area contributed by atoms with E-state index in [1.807, 2.05) is 12.1 Å². The largest absolute Gasteiger partial charge is 0.494 e. The van der Waals surface area contributed by atoms with E-state index in [2.05, 4.69) is 12.2 Å². The highest BCUT2D eigenvalue weighted by atomic mass is 35.5. The first-order valence-electron chi connectivity index (χ1n) is 5.81. The topological polar surface area (TPSA) is 38.3 Å². The number of rotatable bonds is 6. The van der Waals surface area contributed by atoms with Crippen LogP contribution in [0.25, 0.3) is 0 Å². The lowest BCUT2D eigenvalue weighted by molar-refractivity contribution is -0.115. The standard InChI is InChI=1S/C13H18ClNO2/c1-3-4-9-17-12-7-5-11(6-8-12)15-13(16)10(2)14/h5-8,10H,3-4,9H2,1-2H3,(H,15,16)/t10-/m0/s1. The van der Waals surface area contributed by atoms with E-state index in [-0.39, 0.29) is 5.91 Å². The summed E-state index contributed by atoms with van der Waals surface area (Å²) in [5.74, 6) is 0.613. The minimum absolute atomic E-state index is 0.202. The molecular formula is C13H18ClNO2. The summed E-state index contributed by atoms with van der Waals surface area (Å²) in [7, 11) is 0. The van der Waals surface area contributed by atoms with E-state index in [0.29, 0.717) is 0 Å². The summed E-state index contributed by atoms with van der Waals surface area (Å²) in [6.45, 7) is 4.48. The number of carbonyl (C=O) groups is 1. The van der Waals surface area contributed by atoms with Gasteiger partial charge in [0.15, 0.2) is 0 Å². The van der Waals surface area contributed by atoms with Crippen molar-refractivity contribution in [2.75, 3.05) is 11.9 Å². The molecule has 4 heteroatoms. The van der Waals surface area contributed by atoms with Crippen LogP contribution in [0, 0.1) is 0 Å². The zero-order valence-electron chi connectivity index (χ0n) is 10.2. The lowest BCUT2D eigenvalue weighted by Crippen LogP contribution is -2.20. The van der Waals surface area contributed by atoms with Crippen LogP contribution in [0.4, 0.5) is 5.69 Å². The molecule has 0 aliphatic heterocycles. The fourth-order valence-electron chi connectivity index (χ4n) is 1.21. The summed E-state index contributed by atoms with van der Waals surface area (Å²) in [6, 6.07) is 7.28. The van der Waals surface area contributed by atoms with Gasteiger partial charge >= 0.3 is 0 Å². The fraction of sp³-hybridized carbons (Fsp3) is 0.462. The molecule has 1 aromatic carbocycles. The van der Waals surface area contributed by atoms with Gasteiger partial charge in [-0.25, -0.2) is 0 Å². The Morgan fingerprint density at radius 2 is 2.06 bits per heavy atom. The number of hydrogen-bond donors (Lipinski definition) is 1. The van der Waals surface area contributed by atoms with E-state index in [9.17, 15) is 4.79 Å². The number of anilines is 1. The number of halogens is 1. The molecule has 0 radical (unpaired) electrons. The number of unbranched alkanes of at least 4 members (excludes halogenated alkanes) is 1. The van der Waals surface area contributed by atoms with Crippen LogP contribution < -0.4 is 10.1 Å². The molecule has 0 aliphatic carbocycles. The van der Waals surface area contributed by atoms with Crippen LogP contribution in [-0.4, -0.2) is 17.9 Å². The third-order valence-corrected chi connectivity index (χ3v) is 2.45. The van der Waals surface area contributed by atoms with Gasteiger partial charge in [-0.3, -0.25) is 4.79 Å². The number of carbonyl (C=O) groups excluding carboxylic acids is 1. The second kappa shape index (κ2) is 7.17. The second-order valence-corrected chi connectivity index (χ2v) is 4.49. The number of amides is 1. The number of ether oxygens (including phenoxy) is 1. The summed E-state index contributed by atoms with van der Waals surface area (Å²) in [6.07, 6.45) is 2.16. The summed E-state index contributed by atoms with van der Waals surface area (Å²) in [5, 5.41) is 2.18. The third kappa shape index (κ3) is 5.09. The Hall–Kier alpha value is -1.22. The van der Waals surface area contributed by atoms with E-state index in [0.717, 1.165) is 30.9 Å². The highest BCUT2D eigenvalue weighted by Gasteiger charge is 2.08. The Bertz CT molecular complexity index is 349. The molecular weight excluding hydrogens is 238 g/mol. The van der Waals surface area contributed by atoms with Crippen LogP contribution in [0.5, 0.6) is 5.75 Å². The highest BCUT2D eigenvalue weighted by Crippen LogP contribution is 2.16. The second-order valence-electron chi connectivity index (χ2n) is 3.83. The van der Waals surface area contributed by atoms with E-state index in [1.54, 1.807) is 19.1 Å². The third-order valence-electron chi connectivity index (χ3n) is 2.25. The number of hydrogen-bond acceptors (Lipinski definition) is 2. The maximum atomic E-state index is 11.3. The van der Waals surface area contributed by atoms with Crippen molar-refractivity contribution >= 4 is 23.2 Å². The molecule has 1 atom stereocenters. The first-order chi connectivity index (χ1) is 8.13. The van der Waals surface area contributed by atoms with Gasteiger partial charge in [0, 0.05) is 5.69 Å². The van der Waals surface area contributed by atoms with Gasteiger partial charge in [-0.2, -0.15) is 0 Å². The molecule has 1 aromatic rings. The normalized spacial score (nSPS) is 11.9. The van der Waals surface area contributed by atoms with Crippen molar-refractivity contribution in [2.45, 2.75) is 32.1 Å². The van der Waals surface area contributed by atoms with Crippen LogP contribution in [0.1, 0.15) is 26.7 Å². The van der Waals surface area contributed by atoms with E-state index in [4.69, 9.17) is 16.3 Å². The number of alkyl halides is 1. The van der Waals surface area contributed by atoms with Gasteiger partial charge in [0.1, 0.15) is 11.1 Å². The SMILES string of the molecule is CCCCOc1ccc(NC(=O)[C@H](C)Cl)cc1. The van der Waals surface area contributed by atoms with Crippen LogP contribution in [0.3, 0.4) is 0 Å². The number of nitrogens with one attached hydrogen (secondary N) is 1. The van der Waals surface area contributed by atoms with Crippen molar-refractivity contribution in [3.63, 3.8) is 0 Å². The van der Waals surface area contributed by atoms with Crippen molar-refractivity contribution in [2.24, 2.45) is 0 Å². The highest BCUT2D eigenvalue weighted by molar-refractivity contribution is 6.32. The maximum Gasteiger partial charge on any atom is 0.242 e. The van der Waals surface area contributed by atoms with Crippen molar-refractivity contribution in [1.29, 1.82) is 0 Å². The first kappa shape index (κ1) is 13.8. The summed E-state index contributed by atoms with van der Waals surface area (Å²) in [5.41, 5.74) is 0.727. The smallest absolute Gasteiger partial charge is 0.242 e. The monoisotopic (exact) mass is 255 g/mol. The van der Waals surface area contributed by atoms with Gasteiger partial charge in [-0.05, 0) is 37.6 Å². The Labute approximate surface area is 107 Å². The average Bonchev–Trinajstić information content (AvgIpc) is 2.31. The van der Waals surface area contributed by atoms with Crippen molar-refractivity contribution in [1.82, 2.24) is 0 Å². The predicted octanol–water partition coefficient (Wildman–Crippen LogP) is 3.43. The molecule has 0 unspecified atom stereocenters. The molecule has 0 saturated carbocycles. The quantitative estimate of drug-likeness (QED) is 0.625. The van der Waals surface area contributed by atoms with E-state index >= 15 is 0 Å². The van der Waals surface area contributed by atoms with Crippen molar-refractivity contribution < 1.29 is 9.53 Å². The average molecular weight is 256 g/mol. The molecule has 0 aromatic heterocycles. The first-order valence-corrected chi connectivity index (χ1v) is 6.25.